The van der Waals surface area contributed by atoms with E-state index in [9.17, 15) is 0 Å². The Morgan fingerprint density at radius 2 is 2.69 bits per heavy atom. The van der Waals surface area contributed by atoms with Crippen LogP contribution in [-0.4, -0.2) is 46.9 Å². The van der Waals surface area contributed by atoms with E-state index in [4.69, 9.17) is 9.84 Å². The van der Waals surface area contributed by atoms with Crippen LogP contribution in [0.25, 0.3) is 0 Å². The van der Waals surface area contributed by atoms with E-state index in [-0.39, 0.29) is 12.7 Å². The highest BCUT2D eigenvalue weighted by molar-refractivity contribution is 7.09. The van der Waals surface area contributed by atoms with E-state index < -0.39 is 0 Å². The molecule has 1 aliphatic rings. The standard InChI is InChI=1S/C7H11N3O2S/c11-4-6-3-10(1-2-12-6)7-8-5-9-13-7/h5-6,11H,1-4H2. The summed E-state index contributed by atoms with van der Waals surface area (Å²) >= 11 is 1.37. The SMILES string of the molecule is OCC1CN(c2ncns2)CCO1. The second-order valence-electron chi connectivity index (χ2n) is 2.85. The Hall–Kier alpha value is -0.720. The molecule has 1 aliphatic heterocycles. The fourth-order valence-corrected chi connectivity index (χ4v) is 1.87. The molecule has 1 fully saturated rings. The maximum absolute atomic E-state index is 8.92. The molecule has 1 aromatic heterocycles. The van der Waals surface area contributed by atoms with Gasteiger partial charge in [0.2, 0.25) is 5.13 Å². The molecule has 1 saturated heterocycles. The summed E-state index contributed by atoms with van der Waals surface area (Å²) in [7, 11) is 0. The molecule has 1 atom stereocenters. The summed E-state index contributed by atoms with van der Waals surface area (Å²) in [5.41, 5.74) is 0. The summed E-state index contributed by atoms with van der Waals surface area (Å²) in [5, 5.41) is 9.83. The highest BCUT2D eigenvalue weighted by Gasteiger charge is 2.21. The molecular weight excluding hydrogens is 190 g/mol. The average molecular weight is 201 g/mol. The third kappa shape index (κ3) is 1.96. The normalized spacial score (nSPS) is 23.5. The molecule has 1 aromatic rings. The van der Waals surface area contributed by atoms with E-state index in [0.29, 0.717) is 13.2 Å². The van der Waals surface area contributed by atoms with E-state index in [0.717, 1.165) is 11.7 Å². The minimum Gasteiger partial charge on any atom is -0.394 e. The van der Waals surface area contributed by atoms with Crippen LogP contribution in [0.3, 0.4) is 0 Å². The Labute approximate surface area is 80.1 Å². The van der Waals surface area contributed by atoms with Crippen molar-refractivity contribution in [2.45, 2.75) is 6.10 Å². The van der Waals surface area contributed by atoms with Crippen molar-refractivity contribution < 1.29 is 9.84 Å². The number of aromatic nitrogens is 2. The number of anilines is 1. The molecule has 0 saturated carbocycles. The molecular formula is C7H11N3O2S. The van der Waals surface area contributed by atoms with Crippen molar-refractivity contribution in [2.24, 2.45) is 0 Å². The van der Waals surface area contributed by atoms with Crippen molar-refractivity contribution in [1.82, 2.24) is 9.36 Å². The molecule has 5 nitrogen and oxygen atoms in total. The Morgan fingerprint density at radius 3 is 3.38 bits per heavy atom. The van der Waals surface area contributed by atoms with Crippen molar-refractivity contribution >= 4 is 16.7 Å². The highest BCUT2D eigenvalue weighted by atomic mass is 32.1. The zero-order valence-corrected chi connectivity index (χ0v) is 7.90. The Bertz CT molecular complexity index is 254. The predicted molar refractivity (Wildman–Crippen MR) is 48.9 cm³/mol. The molecule has 0 aliphatic carbocycles. The van der Waals surface area contributed by atoms with E-state index in [1.807, 2.05) is 0 Å². The van der Waals surface area contributed by atoms with Crippen molar-refractivity contribution in [2.75, 3.05) is 31.2 Å². The quantitative estimate of drug-likeness (QED) is 0.714. The number of rotatable bonds is 2. The average Bonchev–Trinajstić information content (AvgIpc) is 2.71. The fourth-order valence-electron chi connectivity index (χ4n) is 1.31. The predicted octanol–water partition coefficient (Wildman–Crippen LogP) is -0.264. The first-order valence-electron chi connectivity index (χ1n) is 4.14. The molecule has 0 amide bonds. The molecule has 2 rings (SSSR count). The first kappa shape index (κ1) is 8.86. The van der Waals surface area contributed by atoms with Gasteiger partial charge in [-0.2, -0.15) is 4.37 Å². The van der Waals surface area contributed by atoms with Crippen LogP contribution in [0.15, 0.2) is 6.33 Å². The van der Waals surface area contributed by atoms with Gasteiger partial charge in [0.15, 0.2) is 0 Å². The van der Waals surface area contributed by atoms with Gasteiger partial charge in [0.05, 0.1) is 19.3 Å². The van der Waals surface area contributed by atoms with Crippen molar-refractivity contribution in [3.63, 3.8) is 0 Å². The van der Waals surface area contributed by atoms with E-state index in [2.05, 4.69) is 14.3 Å². The van der Waals surface area contributed by atoms with Gasteiger partial charge in [-0.3, -0.25) is 0 Å². The summed E-state index contributed by atoms with van der Waals surface area (Å²) in [5.74, 6) is 0. The summed E-state index contributed by atoms with van der Waals surface area (Å²) in [6.07, 6.45) is 1.46. The second-order valence-corrected chi connectivity index (χ2v) is 3.60. The number of aliphatic hydroxyl groups is 1. The van der Waals surface area contributed by atoms with Crippen LogP contribution >= 0.6 is 11.5 Å². The molecule has 0 spiro atoms. The lowest BCUT2D eigenvalue weighted by atomic mass is 10.3. The lowest BCUT2D eigenvalue weighted by Crippen LogP contribution is -2.44. The minimum atomic E-state index is -0.0855. The largest absolute Gasteiger partial charge is 0.394 e. The first-order chi connectivity index (χ1) is 6.40. The molecule has 1 N–H and O–H groups in total. The van der Waals surface area contributed by atoms with Gasteiger partial charge in [0.25, 0.3) is 0 Å². The third-order valence-electron chi connectivity index (χ3n) is 1.96. The third-order valence-corrected chi connectivity index (χ3v) is 2.69. The zero-order chi connectivity index (χ0) is 9.10. The summed E-state index contributed by atoms with van der Waals surface area (Å²) < 4.78 is 9.25. The molecule has 2 heterocycles. The first-order valence-corrected chi connectivity index (χ1v) is 4.91. The minimum absolute atomic E-state index is 0.0648. The van der Waals surface area contributed by atoms with Gasteiger partial charge in [0, 0.05) is 24.6 Å². The van der Waals surface area contributed by atoms with Crippen molar-refractivity contribution in [3.05, 3.63) is 6.33 Å². The number of hydrogen-bond donors (Lipinski definition) is 1. The molecule has 72 valence electrons. The number of aliphatic hydroxyl groups excluding tert-OH is 1. The van der Waals surface area contributed by atoms with E-state index in [1.165, 1.54) is 11.5 Å². The highest BCUT2D eigenvalue weighted by Crippen LogP contribution is 2.17. The lowest BCUT2D eigenvalue weighted by Gasteiger charge is -2.31. The maximum atomic E-state index is 8.92. The topological polar surface area (TPSA) is 58.5 Å². The van der Waals surface area contributed by atoms with Crippen LogP contribution in [0, 0.1) is 0 Å². The van der Waals surface area contributed by atoms with Gasteiger partial charge >= 0.3 is 0 Å². The smallest absolute Gasteiger partial charge is 0.205 e. The van der Waals surface area contributed by atoms with Crippen LogP contribution in [0.1, 0.15) is 0 Å². The summed E-state index contributed by atoms with van der Waals surface area (Å²) in [4.78, 5) is 6.19. The number of hydrogen-bond acceptors (Lipinski definition) is 6. The molecule has 6 heteroatoms. The lowest BCUT2D eigenvalue weighted by molar-refractivity contribution is 0.00356. The number of morpholine rings is 1. The van der Waals surface area contributed by atoms with Crippen LogP contribution < -0.4 is 4.90 Å². The monoisotopic (exact) mass is 201 g/mol. The van der Waals surface area contributed by atoms with Gasteiger partial charge in [-0.15, -0.1) is 0 Å². The fraction of sp³-hybridized carbons (Fsp3) is 0.714. The zero-order valence-electron chi connectivity index (χ0n) is 7.09. The summed E-state index contributed by atoms with van der Waals surface area (Å²) in [6, 6.07) is 0. The van der Waals surface area contributed by atoms with Gasteiger partial charge < -0.3 is 14.7 Å². The molecule has 13 heavy (non-hydrogen) atoms. The van der Waals surface area contributed by atoms with Crippen molar-refractivity contribution in [1.29, 1.82) is 0 Å². The van der Waals surface area contributed by atoms with E-state index in [1.54, 1.807) is 6.33 Å². The Kier molecular flexibility index (Phi) is 2.72. The van der Waals surface area contributed by atoms with Crippen LogP contribution in [0.4, 0.5) is 5.13 Å². The Morgan fingerprint density at radius 1 is 1.77 bits per heavy atom. The van der Waals surface area contributed by atoms with Crippen molar-refractivity contribution in [3.8, 4) is 0 Å². The van der Waals surface area contributed by atoms with Crippen LogP contribution in [0.2, 0.25) is 0 Å². The molecule has 1 unspecified atom stereocenters. The van der Waals surface area contributed by atoms with E-state index >= 15 is 0 Å². The number of nitrogens with zero attached hydrogens (tertiary/aromatic N) is 3. The molecule has 0 radical (unpaired) electrons. The van der Waals surface area contributed by atoms with Gasteiger partial charge in [0.1, 0.15) is 6.33 Å². The second kappa shape index (κ2) is 3.99. The van der Waals surface area contributed by atoms with Crippen LogP contribution in [0.5, 0.6) is 0 Å². The van der Waals surface area contributed by atoms with Gasteiger partial charge in [-0.25, -0.2) is 4.98 Å². The van der Waals surface area contributed by atoms with Gasteiger partial charge in [-0.05, 0) is 0 Å². The summed E-state index contributed by atoms with van der Waals surface area (Å²) in [6.45, 7) is 2.23. The molecule has 0 aromatic carbocycles. The Balaban J connectivity index is 2.00. The van der Waals surface area contributed by atoms with Crippen LogP contribution in [-0.2, 0) is 4.74 Å². The number of ether oxygens (including phenoxy) is 1. The maximum Gasteiger partial charge on any atom is 0.205 e. The molecule has 0 bridgehead atoms. The van der Waals surface area contributed by atoms with Gasteiger partial charge in [-0.1, -0.05) is 0 Å².